The molecule has 0 spiro atoms. The first-order valence-electron chi connectivity index (χ1n) is 5.61. The summed E-state index contributed by atoms with van der Waals surface area (Å²) in [5.41, 5.74) is 6.82. The first-order chi connectivity index (χ1) is 8.00. The molecule has 0 aliphatic carbocycles. The molecule has 5 heteroatoms. The fourth-order valence-corrected chi connectivity index (χ4v) is 2.37. The largest absolute Gasteiger partial charge is 0.397 e. The highest BCUT2D eigenvalue weighted by molar-refractivity contribution is 9.10. The molecule has 1 aromatic rings. The lowest BCUT2D eigenvalue weighted by atomic mass is 9.94. The van der Waals surface area contributed by atoms with E-state index >= 15 is 0 Å². The number of hydrogen-bond acceptors (Lipinski definition) is 3. The van der Waals surface area contributed by atoms with Crippen molar-refractivity contribution >= 4 is 27.3 Å². The van der Waals surface area contributed by atoms with Crippen molar-refractivity contribution in [2.75, 3.05) is 24.3 Å². The van der Waals surface area contributed by atoms with E-state index in [1.54, 1.807) is 6.07 Å². The van der Waals surface area contributed by atoms with Gasteiger partial charge >= 0.3 is 0 Å². The van der Waals surface area contributed by atoms with E-state index < -0.39 is 0 Å². The normalized spacial score (nSPS) is 24.6. The average molecular weight is 303 g/mol. The smallest absolute Gasteiger partial charge is 0.139 e. The molecule has 2 rings (SSSR count). The van der Waals surface area contributed by atoms with Crippen LogP contribution in [-0.2, 0) is 4.74 Å². The Labute approximate surface area is 109 Å². The first-order valence-corrected chi connectivity index (χ1v) is 6.40. The van der Waals surface area contributed by atoms with Crippen LogP contribution in [0.1, 0.15) is 19.8 Å². The van der Waals surface area contributed by atoms with Crippen LogP contribution in [0.2, 0.25) is 0 Å². The minimum Gasteiger partial charge on any atom is -0.397 e. The number of ether oxygens (including phenoxy) is 1. The van der Waals surface area contributed by atoms with Gasteiger partial charge < -0.3 is 15.8 Å². The molecule has 1 unspecified atom stereocenters. The summed E-state index contributed by atoms with van der Waals surface area (Å²) in [7, 11) is 0. The van der Waals surface area contributed by atoms with Gasteiger partial charge in [-0.25, -0.2) is 4.39 Å². The number of nitrogens with one attached hydrogen (secondary N) is 1. The molecule has 17 heavy (non-hydrogen) atoms. The number of hydrogen-bond donors (Lipinski definition) is 2. The van der Waals surface area contributed by atoms with Crippen LogP contribution >= 0.6 is 15.9 Å². The maximum Gasteiger partial charge on any atom is 0.139 e. The quantitative estimate of drug-likeness (QED) is 0.825. The van der Waals surface area contributed by atoms with Gasteiger partial charge in [-0.1, -0.05) is 0 Å². The van der Waals surface area contributed by atoms with Crippen LogP contribution in [0.4, 0.5) is 15.8 Å². The van der Waals surface area contributed by atoms with Crippen LogP contribution in [-0.4, -0.2) is 18.8 Å². The van der Waals surface area contributed by atoms with Crippen LogP contribution in [0.15, 0.2) is 16.6 Å². The highest BCUT2D eigenvalue weighted by Gasteiger charge is 2.28. The summed E-state index contributed by atoms with van der Waals surface area (Å²) in [6.07, 6.45) is 2.03. The Kier molecular flexibility index (Phi) is 3.58. The molecular formula is C12H16BrFN2O. The van der Waals surface area contributed by atoms with E-state index in [4.69, 9.17) is 10.5 Å². The van der Waals surface area contributed by atoms with Crippen LogP contribution in [0, 0.1) is 5.82 Å². The summed E-state index contributed by atoms with van der Waals surface area (Å²) in [5.74, 6) is -0.349. The number of nitrogen functional groups attached to an aromatic ring is 1. The van der Waals surface area contributed by atoms with E-state index in [0.717, 1.165) is 25.1 Å². The molecule has 1 fully saturated rings. The topological polar surface area (TPSA) is 47.3 Å². The zero-order valence-corrected chi connectivity index (χ0v) is 11.3. The number of halogens is 2. The second-order valence-electron chi connectivity index (χ2n) is 4.70. The second-order valence-corrected chi connectivity index (χ2v) is 5.55. The van der Waals surface area contributed by atoms with Crippen molar-refractivity contribution < 1.29 is 9.13 Å². The van der Waals surface area contributed by atoms with Gasteiger partial charge in [0.1, 0.15) is 5.82 Å². The van der Waals surface area contributed by atoms with Crippen molar-refractivity contribution in [3.8, 4) is 0 Å². The molecule has 1 saturated heterocycles. The molecule has 1 atom stereocenters. The average Bonchev–Trinajstić information content (AvgIpc) is 2.26. The molecule has 0 bridgehead atoms. The zero-order valence-electron chi connectivity index (χ0n) is 9.72. The fraction of sp³-hybridized carbons (Fsp3) is 0.500. The molecule has 0 saturated carbocycles. The molecule has 1 aliphatic heterocycles. The molecule has 3 N–H and O–H groups in total. The van der Waals surface area contributed by atoms with Gasteiger partial charge in [0.2, 0.25) is 0 Å². The lowest BCUT2D eigenvalue weighted by Crippen LogP contribution is -2.43. The van der Waals surface area contributed by atoms with Gasteiger partial charge in [0.25, 0.3) is 0 Å². The van der Waals surface area contributed by atoms with E-state index in [0.29, 0.717) is 16.8 Å². The van der Waals surface area contributed by atoms with Gasteiger partial charge in [0.15, 0.2) is 0 Å². The Morgan fingerprint density at radius 1 is 1.53 bits per heavy atom. The maximum atomic E-state index is 13.3. The van der Waals surface area contributed by atoms with Crippen LogP contribution in [0.3, 0.4) is 0 Å². The van der Waals surface area contributed by atoms with Crippen molar-refractivity contribution in [1.29, 1.82) is 0 Å². The van der Waals surface area contributed by atoms with Gasteiger partial charge in [-0.05, 0) is 41.8 Å². The molecular weight excluding hydrogens is 287 g/mol. The van der Waals surface area contributed by atoms with E-state index in [9.17, 15) is 4.39 Å². The van der Waals surface area contributed by atoms with Crippen LogP contribution < -0.4 is 11.1 Å². The lowest BCUT2D eigenvalue weighted by molar-refractivity contribution is 0.0540. The molecule has 1 aromatic carbocycles. The predicted octanol–water partition coefficient (Wildman–Crippen LogP) is 3.15. The number of anilines is 2. The third-order valence-corrected chi connectivity index (χ3v) is 3.57. The second kappa shape index (κ2) is 4.82. The monoisotopic (exact) mass is 302 g/mol. The van der Waals surface area contributed by atoms with Gasteiger partial charge in [0, 0.05) is 12.7 Å². The summed E-state index contributed by atoms with van der Waals surface area (Å²) >= 11 is 3.16. The number of rotatable bonds is 2. The summed E-state index contributed by atoms with van der Waals surface area (Å²) in [6, 6.07) is 2.99. The summed E-state index contributed by atoms with van der Waals surface area (Å²) in [5, 5.41) is 3.35. The molecule has 1 aliphatic rings. The Bertz CT molecular complexity index is 419. The van der Waals surface area contributed by atoms with Gasteiger partial charge in [0.05, 0.1) is 28.0 Å². The molecule has 0 aromatic heterocycles. The highest BCUT2D eigenvalue weighted by Crippen LogP contribution is 2.31. The SMILES string of the molecule is CC1(Nc2cc(Br)c(F)cc2N)CCCOC1. The van der Waals surface area contributed by atoms with Gasteiger partial charge in [-0.2, -0.15) is 0 Å². The number of benzene rings is 1. The van der Waals surface area contributed by atoms with Crippen LogP contribution in [0.5, 0.6) is 0 Å². The Hall–Kier alpha value is -0.810. The third-order valence-electron chi connectivity index (χ3n) is 2.97. The van der Waals surface area contributed by atoms with Gasteiger partial charge in [-0.15, -0.1) is 0 Å². The summed E-state index contributed by atoms with van der Waals surface area (Å²) in [6.45, 7) is 3.53. The van der Waals surface area contributed by atoms with Crippen molar-refractivity contribution in [2.45, 2.75) is 25.3 Å². The van der Waals surface area contributed by atoms with Crippen molar-refractivity contribution in [3.63, 3.8) is 0 Å². The first kappa shape index (κ1) is 12.6. The molecule has 94 valence electrons. The maximum absolute atomic E-state index is 13.3. The van der Waals surface area contributed by atoms with Crippen LogP contribution in [0.25, 0.3) is 0 Å². The molecule has 3 nitrogen and oxygen atoms in total. The zero-order chi connectivity index (χ0) is 12.5. The fourth-order valence-electron chi connectivity index (χ4n) is 2.03. The highest BCUT2D eigenvalue weighted by atomic mass is 79.9. The standard InChI is InChI=1S/C12H16BrFN2O/c1-12(3-2-4-17-7-12)16-11-5-8(13)9(14)6-10(11)15/h5-6,16H,2-4,7,15H2,1H3. The minimum atomic E-state index is -0.349. The third kappa shape index (κ3) is 2.90. The van der Waals surface area contributed by atoms with E-state index in [2.05, 4.69) is 28.2 Å². The van der Waals surface area contributed by atoms with Crippen molar-refractivity contribution in [2.24, 2.45) is 0 Å². The van der Waals surface area contributed by atoms with Gasteiger partial charge in [-0.3, -0.25) is 0 Å². The van der Waals surface area contributed by atoms with Crippen molar-refractivity contribution in [1.82, 2.24) is 0 Å². The lowest BCUT2D eigenvalue weighted by Gasteiger charge is -2.35. The Morgan fingerprint density at radius 2 is 2.29 bits per heavy atom. The predicted molar refractivity (Wildman–Crippen MR) is 70.6 cm³/mol. The van der Waals surface area contributed by atoms with E-state index in [-0.39, 0.29) is 11.4 Å². The van der Waals surface area contributed by atoms with E-state index in [1.807, 2.05) is 0 Å². The molecule has 0 radical (unpaired) electrons. The Balaban J connectivity index is 2.20. The Morgan fingerprint density at radius 3 is 2.94 bits per heavy atom. The van der Waals surface area contributed by atoms with Crippen molar-refractivity contribution in [3.05, 3.63) is 22.4 Å². The molecule has 1 heterocycles. The summed E-state index contributed by atoms with van der Waals surface area (Å²) in [4.78, 5) is 0. The van der Waals surface area contributed by atoms with E-state index in [1.165, 1.54) is 6.07 Å². The number of nitrogens with two attached hydrogens (primary N) is 1. The minimum absolute atomic E-state index is 0.135. The summed E-state index contributed by atoms with van der Waals surface area (Å²) < 4.78 is 19.1. The molecule has 0 amide bonds.